The number of rotatable bonds is 5. The fraction of sp³-hybridized carbons (Fsp3) is 0.0204. The van der Waals surface area contributed by atoms with Gasteiger partial charge in [-0.15, -0.1) is 0 Å². The molecular formula is C49H32N2O2. The Morgan fingerprint density at radius 1 is 0.415 bits per heavy atom. The van der Waals surface area contributed by atoms with Crippen molar-refractivity contribution in [3.05, 3.63) is 175 Å². The van der Waals surface area contributed by atoms with Gasteiger partial charge in [-0.05, 0) is 108 Å². The zero-order valence-electron chi connectivity index (χ0n) is 28.9. The lowest BCUT2D eigenvalue weighted by Crippen LogP contribution is -1.95. The predicted octanol–water partition coefficient (Wildman–Crippen LogP) is 14.0. The lowest BCUT2D eigenvalue weighted by Gasteiger charge is -2.16. The van der Waals surface area contributed by atoms with Crippen LogP contribution in [0.2, 0.25) is 0 Å². The fourth-order valence-electron chi connectivity index (χ4n) is 8.16. The fourth-order valence-corrected chi connectivity index (χ4v) is 8.16. The quantitative estimate of drug-likeness (QED) is 0.197. The Labute approximate surface area is 305 Å². The van der Waals surface area contributed by atoms with Crippen molar-refractivity contribution in [2.24, 2.45) is 0 Å². The van der Waals surface area contributed by atoms with Crippen LogP contribution in [0.25, 0.3) is 93.6 Å². The third-order valence-electron chi connectivity index (χ3n) is 10.7. The molecule has 0 unspecified atom stereocenters. The van der Waals surface area contributed by atoms with Crippen LogP contribution in [0.5, 0.6) is 0 Å². The summed E-state index contributed by atoms with van der Waals surface area (Å²) in [5.41, 5.74) is 15.1. The van der Waals surface area contributed by atoms with E-state index in [1.165, 1.54) is 44.1 Å². The molecule has 0 aliphatic rings. The largest absolute Gasteiger partial charge is 0.456 e. The molecule has 1 N–H and O–H groups in total. The van der Waals surface area contributed by atoms with Crippen molar-refractivity contribution in [2.75, 3.05) is 5.32 Å². The molecule has 3 aromatic heterocycles. The number of nitrogens with one attached hydrogen (secondary N) is 1. The third kappa shape index (κ3) is 4.69. The third-order valence-corrected chi connectivity index (χ3v) is 10.7. The molecule has 0 saturated carbocycles. The summed E-state index contributed by atoms with van der Waals surface area (Å²) < 4.78 is 14.6. The molecule has 250 valence electrons. The van der Waals surface area contributed by atoms with Crippen LogP contribution >= 0.6 is 0 Å². The summed E-state index contributed by atoms with van der Waals surface area (Å²) in [6.45, 7) is 2.19. The van der Waals surface area contributed by atoms with E-state index >= 15 is 0 Å². The van der Waals surface area contributed by atoms with Crippen LogP contribution in [-0.4, -0.2) is 4.57 Å². The van der Waals surface area contributed by atoms with Gasteiger partial charge in [-0.3, -0.25) is 0 Å². The van der Waals surface area contributed by atoms with Gasteiger partial charge in [0.15, 0.2) is 0 Å². The van der Waals surface area contributed by atoms with Gasteiger partial charge in [0.25, 0.3) is 0 Å². The van der Waals surface area contributed by atoms with Gasteiger partial charge in [-0.25, -0.2) is 0 Å². The van der Waals surface area contributed by atoms with Gasteiger partial charge >= 0.3 is 0 Å². The molecule has 11 rings (SSSR count). The molecule has 0 atom stereocenters. The molecule has 11 aromatic rings. The normalized spacial score (nSPS) is 11.9. The van der Waals surface area contributed by atoms with Crippen molar-refractivity contribution in [3.8, 4) is 27.9 Å². The lowest BCUT2D eigenvalue weighted by molar-refractivity contribution is 0.668. The molecule has 3 heterocycles. The Kier molecular flexibility index (Phi) is 6.43. The summed E-state index contributed by atoms with van der Waals surface area (Å²) in [7, 11) is 0. The van der Waals surface area contributed by atoms with E-state index in [4.69, 9.17) is 8.83 Å². The maximum absolute atomic E-state index is 6.16. The first kappa shape index (κ1) is 29.7. The van der Waals surface area contributed by atoms with Crippen LogP contribution in [-0.2, 0) is 0 Å². The Bertz CT molecular complexity index is 3230. The summed E-state index contributed by atoms with van der Waals surface area (Å²) >= 11 is 0. The van der Waals surface area contributed by atoms with Gasteiger partial charge in [0.05, 0.1) is 11.0 Å². The first-order valence-corrected chi connectivity index (χ1v) is 18.0. The Balaban J connectivity index is 1.00. The van der Waals surface area contributed by atoms with Crippen molar-refractivity contribution < 1.29 is 8.83 Å². The highest BCUT2D eigenvalue weighted by molar-refractivity contribution is 6.12. The van der Waals surface area contributed by atoms with Crippen LogP contribution in [0.15, 0.2) is 179 Å². The number of anilines is 2. The van der Waals surface area contributed by atoms with E-state index in [-0.39, 0.29) is 0 Å². The number of para-hydroxylation sites is 4. The molecule has 0 aliphatic carbocycles. The number of aromatic nitrogens is 1. The number of furan rings is 2. The predicted molar refractivity (Wildman–Crippen MR) is 221 cm³/mol. The maximum Gasteiger partial charge on any atom is 0.135 e. The van der Waals surface area contributed by atoms with Gasteiger partial charge in [-0.1, -0.05) is 91.0 Å². The summed E-state index contributed by atoms with van der Waals surface area (Å²) in [5, 5.41) is 10.7. The lowest BCUT2D eigenvalue weighted by atomic mass is 9.93. The number of nitrogens with zero attached hydrogens (tertiary/aromatic N) is 1. The van der Waals surface area contributed by atoms with E-state index in [9.17, 15) is 0 Å². The second kappa shape index (κ2) is 11.5. The number of fused-ring (bicyclic) bond motifs is 9. The van der Waals surface area contributed by atoms with E-state index in [2.05, 4.69) is 162 Å². The van der Waals surface area contributed by atoms with Crippen molar-refractivity contribution in [1.29, 1.82) is 0 Å². The SMILES string of the molecule is Cc1ccc(-c2ccc3c(c2)c2ccccc2n3-c2ccc3oc4ccccc4c3c2)cc1-c1ccccc1Nc1ccc2oc3ccccc3c2c1. The highest BCUT2D eigenvalue weighted by atomic mass is 16.3. The number of aryl methyl sites for hydroxylation is 1. The molecule has 4 heteroatoms. The van der Waals surface area contributed by atoms with Gasteiger partial charge in [-0.2, -0.15) is 0 Å². The first-order valence-electron chi connectivity index (χ1n) is 18.0. The highest BCUT2D eigenvalue weighted by Gasteiger charge is 2.17. The first-order chi connectivity index (χ1) is 26.2. The standard InChI is InChI=1S/C49H32N2O2/c1-30-18-19-31(26-39(30)35-10-2-6-14-43(35)50-33-21-24-48-41(28-33)37-12-4-8-16-46(37)52-48)32-20-23-45-40(27-32)36-11-3-7-15-44(36)51(45)34-22-25-49-42(29-34)38-13-5-9-17-47(38)53-49/h2-29,50H,1H3. The van der Waals surface area contributed by atoms with E-state index in [1.807, 2.05) is 24.3 Å². The minimum Gasteiger partial charge on any atom is -0.456 e. The average Bonchev–Trinajstić information content (AvgIpc) is 3.87. The molecule has 4 nitrogen and oxygen atoms in total. The van der Waals surface area contributed by atoms with Crippen molar-refractivity contribution >= 4 is 77.1 Å². The Hall–Kier alpha value is -7.04. The number of hydrogen-bond acceptors (Lipinski definition) is 3. The molecule has 0 saturated heterocycles. The van der Waals surface area contributed by atoms with E-state index in [1.54, 1.807) is 0 Å². The second-order valence-electron chi connectivity index (χ2n) is 13.9. The van der Waals surface area contributed by atoms with Gasteiger partial charge in [0.2, 0.25) is 0 Å². The molecule has 0 radical (unpaired) electrons. The summed E-state index contributed by atoms with van der Waals surface area (Å²) in [5.74, 6) is 0. The topological polar surface area (TPSA) is 43.2 Å². The van der Waals surface area contributed by atoms with Gasteiger partial charge in [0.1, 0.15) is 22.3 Å². The summed E-state index contributed by atoms with van der Waals surface area (Å²) in [6, 6.07) is 60.3. The van der Waals surface area contributed by atoms with Crippen LogP contribution in [0.4, 0.5) is 11.4 Å². The van der Waals surface area contributed by atoms with Crippen LogP contribution in [0, 0.1) is 6.92 Å². The average molecular weight is 681 g/mol. The Morgan fingerprint density at radius 2 is 1.02 bits per heavy atom. The number of hydrogen-bond donors (Lipinski definition) is 1. The van der Waals surface area contributed by atoms with Crippen molar-refractivity contribution in [2.45, 2.75) is 6.92 Å². The summed E-state index contributed by atoms with van der Waals surface area (Å²) in [4.78, 5) is 0. The highest BCUT2D eigenvalue weighted by Crippen LogP contribution is 2.40. The second-order valence-corrected chi connectivity index (χ2v) is 13.9. The van der Waals surface area contributed by atoms with Crippen LogP contribution in [0.1, 0.15) is 5.56 Å². The van der Waals surface area contributed by atoms with Crippen LogP contribution < -0.4 is 5.32 Å². The van der Waals surface area contributed by atoms with Gasteiger partial charge in [0, 0.05) is 54.9 Å². The van der Waals surface area contributed by atoms with Gasteiger partial charge < -0.3 is 18.7 Å². The zero-order chi connectivity index (χ0) is 35.0. The van der Waals surface area contributed by atoms with E-state index < -0.39 is 0 Å². The molecule has 53 heavy (non-hydrogen) atoms. The molecule has 0 bridgehead atoms. The minimum absolute atomic E-state index is 0.890. The molecule has 0 fully saturated rings. The zero-order valence-corrected chi connectivity index (χ0v) is 28.9. The van der Waals surface area contributed by atoms with E-state index in [0.717, 1.165) is 66.5 Å². The minimum atomic E-state index is 0.890. The van der Waals surface area contributed by atoms with Crippen LogP contribution in [0.3, 0.4) is 0 Å². The molecule has 0 spiro atoms. The molecule has 0 aliphatic heterocycles. The molecule has 8 aromatic carbocycles. The molecular weight excluding hydrogens is 649 g/mol. The maximum atomic E-state index is 6.16. The van der Waals surface area contributed by atoms with E-state index in [0.29, 0.717) is 0 Å². The Morgan fingerprint density at radius 3 is 1.83 bits per heavy atom. The summed E-state index contributed by atoms with van der Waals surface area (Å²) in [6.07, 6.45) is 0. The van der Waals surface area contributed by atoms with Crippen molar-refractivity contribution in [1.82, 2.24) is 4.57 Å². The number of benzene rings is 8. The monoisotopic (exact) mass is 680 g/mol. The molecule has 0 amide bonds. The smallest absolute Gasteiger partial charge is 0.135 e. The van der Waals surface area contributed by atoms with Crippen molar-refractivity contribution in [3.63, 3.8) is 0 Å².